The molecule has 0 aliphatic carbocycles. The Kier molecular flexibility index (Phi) is 5.53. The van der Waals surface area contributed by atoms with E-state index in [1.165, 1.54) is 24.1 Å². The molecule has 0 spiro atoms. The maximum atomic E-state index is 5.95. The third-order valence-corrected chi connectivity index (χ3v) is 4.59. The fourth-order valence-corrected chi connectivity index (χ4v) is 3.30. The molecule has 1 saturated heterocycles. The van der Waals surface area contributed by atoms with Crippen molar-refractivity contribution in [2.24, 2.45) is 0 Å². The predicted molar refractivity (Wildman–Crippen MR) is 91.5 cm³/mol. The van der Waals surface area contributed by atoms with Gasteiger partial charge in [0.1, 0.15) is 0 Å². The zero-order valence-corrected chi connectivity index (χ0v) is 13.4. The van der Waals surface area contributed by atoms with Gasteiger partial charge in [0.05, 0.1) is 13.2 Å². The summed E-state index contributed by atoms with van der Waals surface area (Å²) in [6, 6.07) is 6.33. The van der Waals surface area contributed by atoms with Crippen molar-refractivity contribution < 1.29 is 4.74 Å². The predicted octanol–water partition coefficient (Wildman–Crippen LogP) is 0.943. The molecule has 0 aromatic heterocycles. The van der Waals surface area contributed by atoms with Gasteiger partial charge < -0.3 is 20.7 Å². The molecule has 2 aliphatic heterocycles. The van der Waals surface area contributed by atoms with Gasteiger partial charge in [0.2, 0.25) is 0 Å². The molecule has 0 radical (unpaired) electrons. The monoisotopic (exact) mass is 304 g/mol. The van der Waals surface area contributed by atoms with E-state index in [9.17, 15) is 0 Å². The SMILES string of the molecule is Nc1ccc2c(c1)N(CCNCCN1CCOCC1)CCC2. The standard InChI is InChI=1S/C17H28N4O/c18-16-4-3-15-2-1-7-21(17(15)14-16)9-6-19-5-8-20-10-12-22-13-11-20/h3-4,14,19H,1-2,5-13,18H2. The molecule has 2 heterocycles. The Morgan fingerprint density at radius 2 is 1.91 bits per heavy atom. The number of hydrogen-bond acceptors (Lipinski definition) is 5. The summed E-state index contributed by atoms with van der Waals surface area (Å²) in [7, 11) is 0. The van der Waals surface area contributed by atoms with Crippen LogP contribution >= 0.6 is 0 Å². The molecule has 122 valence electrons. The highest BCUT2D eigenvalue weighted by Gasteiger charge is 2.16. The fourth-order valence-electron chi connectivity index (χ4n) is 3.30. The van der Waals surface area contributed by atoms with Crippen molar-refractivity contribution in [2.45, 2.75) is 12.8 Å². The average molecular weight is 304 g/mol. The third-order valence-electron chi connectivity index (χ3n) is 4.59. The van der Waals surface area contributed by atoms with E-state index < -0.39 is 0 Å². The van der Waals surface area contributed by atoms with Crippen molar-refractivity contribution in [3.05, 3.63) is 23.8 Å². The van der Waals surface area contributed by atoms with Crippen molar-refractivity contribution in [1.82, 2.24) is 10.2 Å². The quantitative estimate of drug-likeness (QED) is 0.605. The normalized spacial score (nSPS) is 19.2. The minimum atomic E-state index is 0.867. The van der Waals surface area contributed by atoms with Crippen LogP contribution in [0.1, 0.15) is 12.0 Å². The Morgan fingerprint density at radius 1 is 1.09 bits per heavy atom. The number of hydrogen-bond donors (Lipinski definition) is 2. The van der Waals surface area contributed by atoms with Crippen LogP contribution in [0, 0.1) is 0 Å². The Hall–Kier alpha value is -1.30. The molecule has 0 unspecified atom stereocenters. The largest absolute Gasteiger partial charge is 0.399 e. The number of ether oxygens (including phenoxy) is 1. The maximum absolute atomic E-state index is 5.95. The molecule has 0 saturated carbocycles. The van der Waals surface area contributed by atoms with Crippen molar-refractivity contribution in [3.63, 3.8) is 0 Å². The van der Waals surface area contributed by atoms with Crippen LogP contribution in [-0.2, 0) is 11.2 Å². The Balaban J connectivity index is 1.40. The molecular weight excluding hydrogens is 276 g/mol. The molecule has 3 rings (SSSR count). The lowest BCUT2D eigenvalue weighted by atomic mass is 10.0. The van der Waals surface area contributed by atoms with Gasteiger partial charge in [-0.15, -0.1) is 0 Å². The molecule has 1 aromatic rings. The smallest absolute Gasteiger partial charge is 0.0594 e. The maximum Gasteiger partial charge on any atom is 0.0594 e. The van der Waals surface area contributed by atoms with Gasteiger partial charge >= 0.3 is 0 Å². The first-order valence-corrected chi connectivity index (χ1v) is 8.47. The lowest BCUT2D eigenvalue weighted by molar-refractivity contribution is 0.0385. The fraction of sp³-hybridized carbons (Fsp3) is 0.647. The Labute approximate surface area is 133 Å². The number of rotatable bonds is 6. The van der Waals surface area contributed by atoms with E-state index in [0.717, 1.165) is 64.7 Å². The highest BCUT2D eigenvalue weighted by Crippen LogP contribution is 2.28. The van der Waals surface area contributed by atoms with Crippen LogP contribution in [0.2, 0.25) is 0 Å². The van der Waals surface area contributed by atoms with Crippen LogP contribution in [0.4, 0.5) is 11.4 Å². The molecule has 1 aromatic carbocycles. The van der Waals surface area contributed by atoms with E-state index in [4.69, 9.17) is 10.5 Å². The first-order chi connectivity index (χ1) is 10.8. The molecule has 22 heavy (non-hydrogen) atoms. The Morgan fingerprint density at radius 3 is 2.77 bits per heavy atom. The average Bonchev–Trinajstić information content (AvgIpc) is 2.56. The lowest BCUT2D eigenvalue weighted by Crippen LogP contribution is -2.42. The van der Waals surface area contributed by atoms with Crippen LogP contribution in [-0.4, -0.2) is 63.9 Å². The van der Waals surface area contributed by atoms with Gasteiger partial charge in [0, 0.05) is 57.2 Å². The van der Waals surface area contributed by atoms with Gasteiger partial charge in [-0.2, -0.15) is 0 Å². The second-order valence-electron chi connectivity index (χ2n) is 6.18. The van der Waals surface area contributed by atoms with Crippen molar-refractivity contribution in [2.75, 3.05) is 69.7 Å². The van der Waals surface area contributed by atoms with E-state index in [-0.39, 0.29) is 0 Å². The molecule has 0 atom stereocenters. The second-order valence-corrected chi connectivity index (χ2v) is 6.18. The van der Waals surface area contributed by atoms with Gasteiger partial charge in [-0.05, 0) is 30.5 Å². The molecule has 3 N–H and O–H groups in total. The Bertz CT molecular complexity index is 474. The summed E-state index contributed by atoms with van der Waals surface area (Å²) in [6.07, 6.45) is 2.42. The van der Waals surface area contributed by atoms with Crippen LogP contribution in [0.5, 0.6) is 0 Å². The van der Waals surface area contributed by atoms with Crippen molar-refractivity contribution in [1.29, 1.82) is 0 Å². The number of fused-ring (bicyclic) bond motifs is 1. The number of morpholine rings is 1. The summed E-state index contributed by atoms with van der Waals surface area (Å²) in [5.41, 5.74) is 9.58. The van der Waals surface area contributed by atoms with Crippen LogP contribution in [0.15, 0.2) is 18.2 Å². The van der Waals surface area contributed by atoms with E-state index in [1.54, 1.807) is 0 Å². The molecule has 5 nitrogen and oxygen atoms in total. The van der Waals surface area contributed by atoms with Crippen molar-refractivity contribution in [3.8, 4) is 0 Å². The highest BCUT2D eigenvalue weighted by molar-refractivity contribution is 5.62. The highest BCUT2D eigenvalue weighted by atomic mass is 16.5. The zero-order chi connectivity index (χ0) is 15.2. The number of nitrogens with one attached hydrogen (secondary N) is 1. The molecule has 2 aliphatic rings. The summed E-state index contributed by atoms with van der Waals surface area (Å²) in [5, 5.41) is 3.57. The third kappa shape index (κ3) is 4.12. The summed E-state index contributed by atoms with van der Waals surface area (Å²) < 4.78 is 5.37. The summed E-state index contributed by atoms with van der Waals surface area (Å²) in [4.78, 5) is 4.93. The molecule has 1 fully saturated rings. The van der Waals surface area contributed by atoms with Crippen LogP contribution < -0.4 is 16.0 Å². The van der Waals surface area contributed by atoms with E-state index in [0.29, 0.717) is 0 Å². The van der Waals surface area contributed by atoms with Crippen LogP contribution in [0.25, 0.3) is 0 Å². The first kappa shape index (κ1) is 15.6. The van der Waals surface area contributed by atoms with Gasteiger partial charge in [-0.1, -0.05) is 6.07 Å². The molecule has 0 bridgehead atoms. The zero-order valence-electron chi connectivity index (χ0n) is 13.4. The number of aryl methyl sites for hydroxylation is 1. The van der Waals surface area contributed by atoms with Gasteiger partial charge in [0.25, 0.3) is 0 Å². The first-order valence-electron chi connectivity index (χ1n) is 8.47. The number of nitrogen functional groups attached to an aromatic ring is 1. The topological polar surface area (TPSA) is 53.8 Å². The molecule has 0 amide bonds. The second kappa shape index (κ2) is 7.81. The molecule has 5 heteroatoms. The van der Waals surface area contributed by atoms with Gasteiger partial charge in [0.15, 0.2) is 0 Å². The minimum absolute atomic E-state index is 0.867. The number of nitrogens with two attached hydrogens (primary N) is 1. The van der Waals surface area contributed by atoms with Crippen molar-refractivity contribution >= 4 is 11.4 Å². The number of benzene rings is 1. The number of nitrogens with zero attached hydrogens (tertiary/aromatic N) is 2. The molecular formula is C17H28N4O. The minimum Gasteiger partial charge on any atom is -0.399 e. The lowest BCUT2D eigenvalue weighted by Gasteiger charge is -2.32. The summed E-state index contributed by atoms with van der Waals surface area (Å²) >= 11 is 0. The van der Waals surface area contributed by atoms with Gasteiger partial charge in [-0.3, -0.25) is 4.90 Å². The number of anilines is 2. The van der Waals surface area contributed by atoms with E-state index in [1.807, 2.05) is 6.07 Å². The van der Waals surface area contributed by atoms with Gasteiger partial charge in [-0.25, -0.2) is 0 Å². The van der Waals surface area contributed by atoms with E-state index >= 15 is 0 Å². The van der Waals surface area contributed by atoms with Crippen LogP contribution in [0.3, 0.4) is 0 Å². The summed E-state index contributed by atoms with van der Waals surface area (Å²) in [5.74, 6) is 0. The summed E-state index contributed by atoms with van der Waals surface area (Å²) in [6.45, 7) is 9.29. The van der Waals surface area contributed by atoms with E-state index in [2.05, 4.69) is 27.2 Å².